The summed E-state index contributed by atoms with van der Waals surface area (Å²) in [6.07, 6.45) is 6.25. The van der Waals surface area contributed by atoms with Crippen molar-refractivity contribution < 1.29 is 19.1 Å². The van der Waals surface area contributed by atoms with Gasteiger partial charge in [-0.25, -0.2) is 9.59 Å². The Bertz CT molecular complexity index is 1120. The number of anilines is 2. The molecule has 2 rings (SSSR count). The van der Waals surface area contributed by atoms with E-state index in [1.807, 2.05) is 13.0 Å². The molecule has 5 nitrogen and oxygen atoms in total. The number of aryl methyl sites for hydroxylation is 2. The van der Waals surface area contributed by atoms with Gasteiger partial charge in [0.15, 0.2) is 0 Å². The summed E-state index contributed by atoms with van der Waals surface area (Å²) in [6.45, 7) is 19.3. The standard InChI is InChI=1S/C29H33NO4/c1-9-12-20(5)22(7)23(8)30(24-14-13-19(4)21(6)15-24)25-16-26(33-28(31)10-2)18-27(17-25)34-29(32)11-3/h9-18,23H,2-3H2,1,4-8H3/b12-9-,22-20-. The SMILES string of the molecule is C=CC(=O)Oc1cc(OC(=O)C=C)cc(N(c2ccc(C)c(C)c2)C(C)/C(C)=C(C)\C=C/C)c1. The van der Waals surface area contributed by atoms with E-state index in [0.29, 0.717) is 5.69 Å². The van der Waals surface area contributed by atoms with E-state index in [1.54, 1.807) is 12.1 Å². The number of rotatable bonds is 9. The third kappa shape index (κ3) is 6.58. The van der Waals surface area contributed by atoms with Crippen LogP contribution in [0.3, 0.4) is 0 Å². The highest BCUT2D eigenvalue weighted by atomic mass is 16.5. The van der Waals surface area contributed by atoms with Gasteiger partial charge in [0.05, 0.1) is 6.04 Å². The van der Waals surface area contributed by atoms with Gasteiger partial charge in [-0.2, -0.15) is 0 Å². The molecule has 0 amide bonds. The fourth-order valence-corrected chi connectivity index (χ4v) is 3.51. The number of benzene rings is 2. The molecule has 34 heavy (non-hydrogen) atoms. The maximum Gasteiger partial charge on any atom is 0.335 e. The number of esters is 2. The van der Waals surface area contributed by atoms with Crippen LogP contribution in [-0.4, -0.2) is 18.0 Å². The summed E-state index contributed by atoms with van der Waals surface area (Å²) < 4.78 is 10.8. The summed E-state index contributed by atoms with van der Waals surface area (Å²) in [7, 11) is 0. The minimum absolute atomic E-state index is 0.0633. The number of nitrogens with zero attached hydrogens (tertiary/aromatic N) is 1. The monoisotopic (exact) mass is 459 g/mol. The van der Waals surface area contributed by atoms with E-state index in [9.17, 15) is 9.59 Å². The first kappa shape index (κ1) is 26.4. The summed E-state index contributed by atoms with van der Waals surface area (Å²) in [5, 5.41) is 0. The van der Waals surface area contributed by atoms with Crippen LogP contribution in [0.5, 0.6) is 11.5 Å². The number of carbonyl (C=O) groups is 2. The number of hydrogen-bond donors (Lipinski definition) is 0. The number of ether oxygens (including phenoxy) is 2. The maximum absolute atomic E-state index is 11.9. The molecular formula is C29H33NO4. The predicted octanol–water partition coefficient (Wildman–Crippen LogP) is 6.93. The Morgan fingerprint density at radius 3 is 1.91 bits per heavy atom. The average Bonchev–Trinajstić information content (AvgIpc) is 2.80. The zero-order valence-electron chi connectivity index (χ0n) is 20.8. The lowest BCUT2D eigenvalue weighted by molar-refractivity contribution is -0.129. The Balaban J connectivity index is 2.76. The van der Waals surface area contributed by atoms with E-state index < -0.39 is 11.9 Å². The highest BCUT2D eigenvalue weighted by molar-refractivity contribution is 5.85. The van der Waals surface area contributed by atoms with Crippen molar-refractivity contribution in [3.63, 3.8) is 0 Å². The Morgan fingerprint density at radius 2 is 1.44 bits per heavy atom. The highest BCUT2D eigenvalue weighted by Gasteiger charge is 2.22. The van der Waals surface area contributed by atoms with Crippen LogP contribution in [0.15, 0.2) is 85.0 Å². The van der Waals surface area contributed by atoms with E-state index in [0.717, 1.165) is 34.5 Å². The lowest BCUT2D eigenvalue weighted by Crippen LogP contribution is -2.30. The first-order valence-corrected chi connectivity index (χ1v) is 11.1. The number of carbonyl (C=O) groups excluding carboxylic acids is 2. The molecule has 2 aromatic rings. The molecule has 1 atom stereocenters. The van der Waals surface area contributed by atoms with Crippen molar-refractivity contribution in [1.29, 1.82) is 0 Å². The predicted molar refractivity (Wildman–Crippen MR) is 139 cm³/mol. The zero-order chi connectivity index (χ0) is 25.4. The molecule has 0 saturated heterocycles. The van der Waals surface area contributed by atoms with E-state index in [2.05, 4.69) is 77.0 Å². The molecule has 0 saturated carbocycles. The van der Waals surface area contributed by atoms with Crippen LogP contribution in [0, 0.1) is 13.8 Å². The van der Waals surface area contributed by atoms with E-state index in [4.69, 9.17) is 9.47 Å². The Labute approximate surface area is 202 Å². The van der Waals surface area contributed by atoms with Gasteiger partial charge < -0.3 is 14.4 Å². The average molecular weight is 460 g/mol. The van der Waals surface area contributed by atoms with Gasteiger partial charge in [-0.1, -0.05) is 36.9 Å². The van der Waals surface area contributed by atoms with Crippen molar-refractivity contribution in [2.45, 2.75) is 47.6 Å². The molecule has 0 aromatic heterocycles. The molecule has 0 N–H and O–H groups in total. The quantitative estimate of drug-likeness (QED) is 0.176. The molecule has 0 bridgehead atoms. The summed E-state index contributed by atoms with van der Waals surface area (Å²) in [5.74, 6) is -0.739. The molecule has 0 radical (unpaired) electrons. The van der Waals surface area contributed by atoms with Gasteiger partial charge >= 0.3 is 11.9 Å². The topological polar surface area (TPSA) is 55.8 Å². The summed E-state index contributed by atoms with van der Waals surface area (Å²) in [5.41, 5.74) is 6.30. The van der Waals surface area contributed by atoms with Crippen LogP contribution in [0.1, 0.15) is 38.8 Å². The van der Waals surface area contributed by atoms with E-state index in [1.165, 1.54) is 11.6 Å². The van der Waals surface area contributed by atoms with Gasteiger partial charge in [-0.3, -0.25) is 0 Å². The normalized spacial score (nSPS) is 12.5. The largest absolute Gasteiger partial charge is 0.423 e. The van der Waals surface area contributed by atoms with Crippen LogP contribution < -0.4 is 14.4 Å². The van der Waals surface area contributed by atoms with Gasteiger partial charge in [0.1, 0.15) is 11.5 Å². The van der Waals surface area contributed by atoms with E-state index >= 15 is 0 Å². The Kier molecular flexibility index (Phi) is 9.19. The molecule has 178 valence electrons. The first-order valence-electron chi connectivity index (χ1n) is 11.1. The molecular weight excluding hydrogens is 426 g/mol. The molecule has 2 aromatic carbocycles. The lowest BCUT2D eigenvalue weighted by atomic mass is 10.00. The number of hydrogen-bond acceptors (Lipinski definition) is 5. The van der Waals surface area contributed by atoms with E-state index in [-0.39, 0.29) is 17.5 Å². The van der Waals surface area contributed by atoms with Crippen molar-refractivity contribution in [1.82, 2.24) is 0 Å². The van der Waals surface area contributed by atoms with Crippen molar-refractivity contribution in [3.8, 4) is 11.5 Å². The molecule has 0 spiro atoms. The zero-order valence-corrected chi connectivity index (χ0v) is 20.8. The minimum atomic E-state index is -0.607. The van der Waals surface area contributed by atoms with Crippen LogP contribution in [-0.2, 0) is 9.59 Å². The second kappa shape index (κ2) is 11.8. The van der Waals surface area contributed by atoms with Crippen LogP contribution >= 0.6 is 0 Å². The third-order valence-electron chi connectivity index (χ3n) is 5.73. The molecule has 0 fully saturated rings. The molecule has 1 unspecified atom stereocenters. The summed E-state index contributed by atoms with van der Waals surface area (Å²) in [4.78, 5) is 26.0. The smallest absolute Gasteiger partial charge is 0.335 e. The minimum Gasteiger partial charge on any atom is -0.423 e. The van der Waals surface area contributed by atoms with Crippen molar-refractivity contribution in [2.75, 3.05) is 4.90 Å². The van der Waals surface area contributed by atoms with Crippen molar-refractivity contribution in [3.05, 3.63) is 96.1 Å². The number of allylic oxidation sites excluding steroid dienone is 3. The molecule has 0 aliphatic carbocycles. The molecule has 5 heteroatoms. The Morgan fingerprint density at radius 1 is 0.882 bits per heavy atom. The molecule has 0 aliphatic rings. The van der Waals surface area contributed by atoms with Crippen LogP contribution in [0.4, 0.5) is 11.4 Å². The highest BCUT2D eigenvalue weighted by Crippen LogP contribution is 2.37. The third-order valence-corrected chi connectivity index (χ3v) is 5.73. The van der Waals surface area contributed by atoms with Gasteiger partial charge in [0, 0.05) is 41.7 Å². The van der Waals surface area contributed by atoms with Gasteiger partial charge in [-0.05, 0) is 70.4 Å². The lowest BCUT2D eigenvalue weighted by Gasteiger charge is -2.34. The summed E-state index contributed by atoms with van der Waals surface area (Å²) >= 11 is 0. The molecule has 0 aliphatic heterocycles. The van der Waals surface area contributed by atoms with Gasteiger partial charge in [0.25, 0.3) is 0 Å². The first-order chi connectivity index (χ1) is 16.1. The van der Waals surface area contributed by atoms with Crippen LogP contribution in [0.25, 0.3) is 0 Å². The summed E-state index contributed by atoms with van der Waals surface area (Å²) in [6, 6.07) is 11.2. The fourth-order valence-electron chi connectivity index (χ4n) is 3.51. The van der Waals surface area contributed by atoms with Crippen LogP contribution in [0.2, 0.25) is 0 Å². The second-order valence-corrected chi connectivity index (χ2v) is 8.09. The fraction of sp³-hybridized carbons (Fsp3) is 0.241. The van der Waals surface area contributed by atoms with Crippen molar-refractivity contribution in [2.24, 2.45) is 0 Å². The maximum atomic E-state index is 11.9. The van der Waals surface area contributed by atoms with Gasteiger partial charge in [0.2, 0.25) is 0 Å². The molecule has 0 heterocycles. The Hall–Kier alpha value is -3.86. The van der Waals surface area contributed by atoms with Crippen molar-refractivity contribution >= 4 is 23.3 Å². The second-order valence-electron chi connectivity index (χ2n) is 8.09. The van der Waals surface area contributed by atoms with Gasteiger partial charge in [-0.15, -0.1) is 0 Å².